The molecule has 0 bridgehead atoms. The Morgan fingerprint density at radius 2 is 1.41 bits per heavy atom. The number of hydrogen-bond acceptors (Lipinski definition) is 7. The Bertz CT molecular complexity index is 1770. The van der Waals surface area contributed by atoms with Crippen LogP contribution in [0.5, 0.6) is 17.2 Å². The summed E-state index contributed by atoms with van der Waals surface area (Å²) < 4.78 is 46.3. The third-order valence-corrected chi connectivity index (χ3v) is 9.90. The maximum absolute atomic E-state index is 14.7. The lowest BCUT2D eigenvalue weighted by atomic mass is 10.0. The van der Waals surface area contributed by atoms with Crippen LogP contribution in [-0.2, 0) is 32.6 Å². The number of rotatable bonds is 17. The van der Waals surface area contributed by atoms with Crippen molar-refractivity contribution >= 4 is 27.5 Å². The van der Waals surface area contributed by atoms with Gasteiger partial charge in [-0.25, -0.2) is 8.42 Å². The average Bonchev–Trinajstić information content (AvgIpc) is 3.12. The molecular formula is C38H45N3O7S. The number of sulfonamides is 1. The van der Waals surface area contributed by atoms with Gasteiger partial charge in [-0.05, 0) is 67.8 Å². The lowest BCUT2D eigenvalue weighted by Gasteiger charge is -2.34. The van der Waals surface area contributed by atoms with Crippen molar-refractivity contribution in [2.24, 2.45) is 0 Å². The van der Waals surface area contributed by atoms with Crippen LogP contribution < -0.4 is 23.8 Å². The zero-order valence-corrected chi connectivity index (χ0v) is 29.5. The van der Waals surface area contributed by atoms with Gasteiger partial charge in [0.15, 0.2) is 11.5 Å². The molecule has 4 rings (SSSR count). The fraction of sp³-hybridized carbons (Fsp3) is 0.316. The first-order valence-corrected chi connectivity index (χ1v) is 17.7. The fourth-order valence-corrected chi connectivity index (χ4v) is 6.71. The van der Waals surface area contributed by atoms with Crippen LogP contribution in [0.3, 0.4) is 0 Å². The van der Waals surface area contributed by atoms with E-state index in [4.69, 9.17) is 14.2 Å². The quantitative estimate of drug-likeness (QED) is 0.148. The number of nitrogens with one attached hydrogen (secondary N) is 1. The van der Waals surface area contributed by atoms with Crippen molar-refractivity contribution < 1.29 is 32.2 Å². The zero-order chi connectivity index (χ0) is 35.4. The maximum atomic E-state index is 14.7. The Morgan fingerprint density at radius 1 is 0.796 bits per heavy atom. The van der Waals surface area contributed by atoms with Gasteiger partial charge in [0.2, 0.25) is 11.8 Å². The Hall–Kier alpha value is -5.03. The van der Waals surface area contributed by atoms with Gasteiger partial charge < -0.3 is 24.4 Å². The summed E-state index contributed by atoms with van der Waals surface area (Å²) in [6.45, 7) is 5.66. The molecule has 0 saturated heterocycles. The predicted molar refractivity (Wildman–Crippen MR) is 191 cm³/mol. The van der Waals surface area contributed by atoms with Gasteiger partial charge in [-0.1, -0.05) is 67.6 Å². The summed E-state index contributed by atoms with van der Waals surface area (Å²) in [5.41, 5.74) is 1.90. The van der Waals surface area contributed by atoms with Gasteiger partial charge in [0.05, 0.1) is 31.4 Å². The molecular weight excluding hydrogens is 642 g/mol. The minimum Gasteiger partial charge on any atom is -0.494 e. The molecule has 0 heterocycles. The number of carbonyl (C=O) groups excluding carboxylic acids is 2. The van der Waals surface area contributed by atoms with Crippen molar-refractivity contribution in [3.8, 4) is 17.2 Å². The summed E-state index contributed by atoms with van der Waals surface area (Å²) in [7, 11) is -1.48. The Morgan fingerprint density at radius 3 is 1.98 bits per heavy atom. The highest BCUT2D eigenvalue weighted by atomic mass is 32.2. The van der Waals surface area contributed by atoms with Crippen molar-refractivity contribution in [3.63, 3.8) is 0 Å². The van der Waals surface area contributed by atoms with Gasteiger partial charge in [-0.3, -0.25) is 13.9 Å². The van der Waals surface area contributed by atoms with Gasteiger partial charge in [-0.2, -0.15) is 0 Å². The number of nitrogens with zero attached hydrogens (tertiary/aromatic N) is 2. The van der Waals surface area contributed by atoms with Crippen molar-refractivity contribution in [2.75, 3.05) is 31.7 Å². The summed E-state index contributed by atoms with van der Waals surface area (Å²) >= 11 is 0. The van der Waals surface area contributed by atoms with E-state index in [1.165, 1.54) is 37.3 Å². The van der Waals surface area contributed by atoms with Gasteiger partial charge in [-0.15, -0.1) is 0 Å². The highest BCUT2D eigenvalue weighted by Crippen LogP contribution is 2.33. The molecule has 0 aliphatic heterocycles. The second-order valence-electron chi connectivity index (χ2n) is 11.5. The minimum atomic E-state index is -4.36. The van der Waals surface area contributed by atoms with Gasteiger partial charge in [0.25, 0.3) is 10.0 Å². The van der Waals surface area contributed by atoms with Crippen molar-refractivity contribution in [2.45, 2.75) is 57.1 Å². The highest BCUT2D eigenvalue weighted by Gasteiger charge is 2.35. The van der Waals surface area contributed by atoms with E-state index in [1.54, 1.807) is 24.3 Å². The van der Waals surface area contributed by atoms with E-state index in [9.17, 15) is 18.0 Å². The standard InChI is InChI=1S/C38H45N3O7S/c1-6-28(3)39-38(43)34(24-29-14-10-8-11-15-29)40(26-30-16-12-9-13-17-30)37(42)27-41(31-18-20-32(21-19-31)48-7-2)49(44,45)33-22-23-35(46-4)36(25-33)47-5/h8-23,25,28,34H,6-7,24,26-27H2,1-5H3,(H,39,43)/t28-,34+/m1/s1. The molecule has 0 saturated carbocycles. The third kappa shape index (κ3) is 9.54. The molecule has 1 N–H and O–H groups in total. The fourth-order valence-electron chi connectivity index (χ4n) is 5.28. The molecule has 0 aromatic heterocycles. The molecule has 2 amide bonds. The van der Waals surface area contributed by atoms with Gasteiger partial charge >= 0.3 is 0 Å². The molecule has 2 atom stereocenters. The van der Waals surface area contributed by atoms with Crippen LogP contribution in [0.4, 0.5) is 5.69 Å². The molecule has 0 fully saturated rings. The molecule has 0 spiro atoms. The molecule has 0 radical (unpaired) electrons. The molecule has 260 valence electrons. The van der Waals surface area contributed by atoms with E-state index >= 15 is 0 Å². The Kier molecular flexibility index (Phi) is 13.1. The number of anilines is 1. The minimum absolute atomic E-state index is 0.0820. The van der Waals surface area contributed by atoms with E-state index < -0.39 is 28.5 Å². The van der Waals surface area contributed by atoms with Crippen LogP contribution in [0.15, 0.2) is 108 Å². The topological polar surface area (TPSA) is 114 Å². The van der Waals surface area contributed by atoms with E-state index in [0.717, 1.165) is 15.4 Å². The first-order chi connectivity index (χ1) is 23.6. The van der Waals surface area contributed by atoms with Crippen LogP contribution in [0.25, 0.3) is 0 Å². The molecule has 49 heavy (non-hydrogen) atoms. The molecule has 0 aliphatic carbocycles. The molecule has 10 nitrogen and oxygen atoms in total. The summed E-state index contributed by atoms with van der Waals surface area (Å²) in [5.74, 6) is 0.253. The highest BCUT2D eigenvalue weighted by molar-refractivity contribution is 7.92. The van der Waals surface area contributed by atoms with Gasteiger partial charge in [0, 0.05) is 25.1 Å². The molecule has 4 aromatic rings. The summed E-state index contributed by atoms with van der Waals surface area (Å²) in [4.78, 5) is 30.0. The SMILES string of the molecule is CCOc1ccc(N(CC(=O)N(Cc2ccccc2)[C@@H](Cc2ccccc2)C(=O)N[C@H](C)CC)S(=O)(=O)c2ccc(OC)c(OC)c2)cc1. The Balaban J connectivity index is 1.82. The van der Waals surface area contributed by atoms with Crippen LogP contribution >= 0.6 is 0 Å². The van der Waals surface area contributed by atoms with Crippen molar-refractivity contribution in [1.82, 2.24) is 10.2 Å². The van der Waals surface area contributed by atoms with Gasteiger partial charge in [0.1, 0.15) is 18.3 Å². The van der Waals surface area contributed by atoms with E-state index in [2.05, 4.69) is 5.32 Å². The smallest absolute Gasteiger partial charge is 0.264 e. The number of amides is 2. The lowest BCUT2D eigenvalue weighted by molar-refractivity contribution is -0.140. The third-order valence-electron chi connectivity index (χ3n) is 8.13. The second kappa shape index (κ2) is 17.4. The number of hydrogen-bond donors (Lipinski definition) is 1. The average molecular weight is 688 g/mol. The van der Waals surface area contributed by atoms with Crippen molar-refractivity contribution in [3.05, 3.63) is 114 Å². The van der Waals surface area contributed by atoms with E-state index in [1.807, 2.05) is 81.4 Å². The molecule has 0 unspecified atom stereocenters. The van der Waals surface area contributed by atoms with Crippen molar-refractivity contribution in [1.29, 1.82) is 0 Å². The number of ether oxygens (including phenoxy) is 3. The lowest BCUT2D eigenvalue weighted by Crippen LogP contribution is -2.54. The number of carbonyl (C=O) groups is 2. The predicted octanol–water partition coefficient (Wildman–Crippen LogP) is 5.85. The summed E-state index contributed by atoms with van der Waals surface area (Å²) in [6.07, 6.45) is 0.929. The van der Waals surface area contributed by atoms with E-state index in [-0.39, 0.29) is 41.2 Å². The second-order valence-corrected chi connectivity index (χ2v) is 13.3. The Labute approximate surface area is 289 Å². The summed E-state index contributed by atoms with van der Waals surface area (Å²) in [5, 5.41) is 3.05. The first-order valence-electron chi connectivity index (χ1n) is 16.3. The maximum Gasteiger partial charge on any atom is 0.264 e. The van der Waals surface area contributed by atoms with E-state index in [0.29, 0.717) is 24.5 Å². The molecule has 0 aliphatic rings. The number of benzene rings is 4. The summed E-state index contributed by atoms with van der Waals surface area (Å²) in [6, 6.07) is 28.5. The van der Waals surface area contributed by atoms with Crippen LogP contribution in [0, 0.1) is 0 Å². The van der Waals surface area contributed by atoms with Crippen LogP contribution in [-0.4, -0.2) is 64.6 Å². The number of methoxy groups -OCH3 is 2. The van der Waals surface area contributed by atoms with Crippen LogP contribution in [0.1, 0.15) is 38.3 Å². The largest absolute Gasteiger partial charge is 0.494 e. The molecule has 11 heteroatoms. The molecule has 4 aromatic carbocycles. The zero-order valence-electron chi connectivity index (χ0n) is 28.7. The normalized spacial score (nSPS) is 12.3. The van der Waals surface area contributed by atoms with Crippen LogP contribution in [0.2, 0.25) is 0 Å². The first kappa shape index (κ1) is 36.8. The monoisotopic (exact) mass is 687 g/mol.